The summed E-state index contributed by atoms with van der Waals surface area (Å²) in [5.41, 5.74) is 0. The molecule has 0 aromatic carbocycles. The first-order valence-corrected chi connectivity index (χ1v) is 4.50. The summed E-state index contributed by atoms with van der Waals surface area (Å²) in [6.45, 7) is 0. The molecule has 25 valence electrons. The predicted octanol–water partition coefficient (Wildman–Crippen LogP) is -0.273. The van der Waals surface area contributed by atoms with Crippen molar-refractivity contribution in [3.8, 4) is 0 Å². The van der Waals surface area contributed by atoms with E-state index in [1.165, 1.54) is 0 Å². The zero-order chi connectivity index (χ0) is 2.00. The van der Waals surface area contributed by atoms with Gasteiger partial charge in [-0.25, -0.2) is 0 Å². The van der Waals surface area contributed by atoms with Crippen LogP contribution >= 0.6 is 10.1 Å². The summed E-state index contributed by atoms with van der Waals surface area (Å²) in [6.07, 6.45) is 0. The van der Waals surface area contributed by atoms with E-state index in [9.17, 15) is 0 Å². The average molecular weight is 282 g/mol. The molecule has 0 aliphatic rings. The van der Waals surface area contributed by atoms with Crippen LogP contribution in [0.3, 0.4) is 0 Å². The molecular formula is H2CuSSnZn. The van der Waals surface area contributed by atoms with Crippen molar-refractivity contribution in [1.29, 1.82) is 0 Å². The quantitative estimate of drug-likeness (QED) is 0.551. The second kappa shape index (κ2) is 19.1. The molecule has 0 saturated carbocycles. The Hall–Kier alpha value is 2.16. The third-order valence-corrected chi connectivity index (χ3v) is 0. The van der Waals surface area contributed by atoms with Crippen LogP contribution in [-0.2, 0) is 33.6 Å². The van der Waals surface area contributed by atoms with E-state index in [-0.39, 0.29) is 41.0 Å². The third kappa shape index (κ3) is 8.90. The normalized spacial score (nSPS) is 1.50. The van der Waals surface area contributed by atoms with Gasteiger partial charge in [0.25, 0.3) is 0 Å². The van der Waals surface area contributed by atoms with Gasteiger partial charge >= 0.3 is 50.6 Å². The Kier molecular flexibility index (Phi) is 78.6. The van der Waals surface area contributed by atoms with Gasteiger partial charge in [0.1, 0.15) is 0 Å². The monoisotopic (exact) mass is 281 g/mol. The zero-order valence-corrected chi connectivity index (χ0v) is 10.9. The van der Waals surface area contributed by atoms with Crippen molar-refractivity contribution in [2.24, 2.45) is 0 Å². The average Bonchev–Trinajstić information content (AvgIpc) is 1.00. The van der Waals surface area contributed by atoms with Crippen LogP contribution in [0, 0.1) is 0 Å². The molecule has 4 heavy (non-hydrogen) atoms. The fourth-order valence-electron chi connectivity index (χ4n) is 0. The molecule has 0 bridgehead atoms. The van der Waals surface area contributed by atoms with Crippen LogP contribution < -0.4 is 0 Å². The van der Waals surface area contributed by atoms with Crippen LogP contribution in [0.4, 0.5) is 0 Å². The molecule has 0 aromatic rings. The van der Waals surface area contributed by atoms with Crippen LogP contribution in [0.1, 0.15) is 0 Å². The van der Waals surface area contributed by atoms with E-state index in [1.54, 1.807) is 0 Å². The van der Waals surface area contributed by atoms with Gasteiger partial charge in [0.2, 0.25) is 0 Å². The van der Waals surface area contributed by atoms with Gasteiger partial charge in [-0.15, -0.1) is 0 Å². The first-order chi connectivity index (χ1) is 1.00. The molecule has 0 amide bonds. The van der Waals surface area contributed by atoms with Gasteiger partial charge in [0, 0.05) is 17.1 Å². The maximum absolute atomic E-state index is 4.21. The molecule has 4 heteroatoms. The van der Waals surface area contributed by atoms with Gasteiger partial charge in [-0.05, 0) is 0 Å². The molecule has 0 spiro atoms. The summed E-state index contributed by atoms with van der Waals surface area (Å²) in [4.78, 5) is 0. The van der Waals surface area contributed by atoms with Crippen molar-refractivity contribution >= 4 is 34.0 Å². The van der Waals surface area contributed by atoms with Gasteiger partial charge in [-0.2, -0.15) is 0 Å². The first kappa shape index (κ1) is 16.4. The zero-order valence-electron chi connectivity index (χ0n) is 2.12. The summed E-state index contributed by atoms with van der Waals surface area (Å²) in [5, 5.41) is 0. The van der Waals surface area contributed by atoms with Crippen LogP contribution in [0.5, 0.6) is 0 Å². The summed E-state index contributed by atoms with van der Waals surface area (Å²) >= 11 is 0.958. The Morgan fingerprint density at radius 2 is 1.25 bits per heavy atom. The Labute approximate surface area is 66.8 Å². The Morgan fingerprint density at radius 3 is 1.25 bits per heavy atom. The van der Waals surface area contributed by atoms with Crippen LogP contribution in [0.2, 0.25) is 0 Å². The van der Waals surface area contributed by atoms with Crippen molar-refractivity contribution in [3.05, 3.63) is 0 Å². The molecule has 0 aliphatic carbocycles. The molecule has 3 radical (unpaired) electrons. The molecule has 0 rings (SSSR count). The van der Waals surface area contributed by atoms with Crippen molar-refractivity contribution in [2.75, 3.05) is 0 Å². The number of rotatable bonds is 0. The van der Waals surface area contributed by atoms with Gasteiger partial charge < -0.3 is 0 Å². The van der Waals surface area contributed by atoms with E-state index in [0.29, 0.717) is 0 Å². The molecule has 0 aliphatic heterocycles. The second-order valence-electron chi connectivity index (χ2n) is 0. The van der Waals surface area contributed by atoms with E-state index < -0.39 is 0 Å². The van der Waals surface area contributed by atoms with Gasteiger partial charge in [0.05, 0.1) is 0 Å². The molecule has 0 N–H and O–H groups in total. The molecule has 0 heterocycles. The fraction of sp³-hybridized carbons (Fsp3) is 0. The van der Waals surface area contributed by atoms with E-state index in [4.69, 9.17) is 0 Å². The predicted molar refractivity (Wildman–Crippen MR) is 16.1 cm³/mol. The molecule has 0 aromatic heterocycles. The molecule has 0 nitrogen and oxygen atoms in total. The summed E-state index contributed by atoms with van der Waals surface area (Å²) in [6, 6.07) is 0. The van der Waals surface area contributed by atoms with Crippen LogP contribution in [0.15, 0.2) is 0 Å². The van der Waals surface area contributed by atoms with Crippen LogP contribution in [-0.4, -0.2) is 23.9 Å². The molecule has 0 atom stereocenters. The fourth-order valence-corrected chi connectivity index (χ4v) is 0. The number of hydrogen-bond donors (Lipinski definition) is 0. The van der Waals surface area contributed by atoms with Crippen molar-refractivity contribution < 1.29 is 33.6 Å². The van der Waals surface area contributed by atoms with E-state index in [0.717, 1.165) is 16.6 Å². The molecule has 0 saturated heterocycles. The SMILES string of the molecule is [Cu].[S]=[Zn].[SnH2]. The molecule has 0 unspecified atom stereocenters. The van der Waals surface area contributed by atoms with Crippen molar-refractivity contribution in [1.82, 2.24) is 0 Å². The molecular weight excluding hydrogens is 280 g/mol. The Morgan fingerprint density at radius 1 is 1.25 bits per heavy atom. The van der Waals surface area contributed by atoms with E-state index in [1.807, 2.05) is 0 Å². The minimum atomic E-state index is 0. The summed E-state index contributed by atoms with van der Waals surface area (Å²) in [7, 11) is 4.21. The first-order valence-electron chi connectivity index (χ1n) is 0.289. The van der Waals surface area contributed by atoms with Gasteiger partial charge in [0.15, 0.2) is 0 Å². The Bertz CT molecular complexity index is 8.00. The van der Waals surface area contributed by atoms with Crippen molar-refractivity contribution in [2.45, 2.75) is 0 Å². The van der Waals surface area contributed by atoms with Crippen molar-refractivity contribution in [3.63, 3.8) is 0 Å². The van der Waals surface area contributed by atoms with Crippen LogP contribution in [0.25, 0.3) is 0 Å². The molecule has 0 fully saturated rings. The topological polar surface area (TPSA) is 0 Å². The van der Waals surface area contributed by atoms with E-state index in [2.05, 4.69) is 10.1 Å². The maximum atomic E-state index is 4.21. The Balaban J connectivity index is -0.00000000500. The third-order valence-electron chi connectivity index (χ3n) is 0. The minimum absolute atomic E-state index is 0. The van der Waals surface area contributed by atoms with Gasteiger partial charge in [-0.1, -0.05) is 0 Å². The standard InChI is InChI=1S/Cu.S.Sn.Zn.2H. The van der Waals surface area contributed by atoms with Gasteiger partial charge in [-0.3, -0.25) is 0 Å². The summed E-state index contributed by atoms with van der Waals surface area (Å²) < 4.78 is 0. The summed E-state index contributed by atoms with van der Waals surface area (Å²) in [5.74, 6) is 0. The second-order valence-corrected chi connectivity index (χ2v) is 0. The van der Waals surface area contributed by atoms with E-state index >= 15 is 0 Å². The number of hydrogen-bond acceptors (Lipinski definition) is 1.